The van der Waals surface area contributed by atoms with Crippen LogP contribution in [0.1, 0.15) is 5.56 Å². The third-order valence-corrected chi connectivity index (χ3v) is 7.45. The van der Waals surface area contributed by atoms with E-state index in [0.717, 1.165) is 26.9 Å². The fourth-order valence-electron chi connectivity index (χ4n) is 3.82. The zero-order chi connectivity index (χ0) is 25.1. The molecule has 0 bridgehead atoms. The number of halogens is 1. The van der Waals surface area contributed by atoms with E-state index in [4.69, 9.17) is 9.47 Å². The summed E-state index contributed by atoms with van der Waals surface area (Å²) in [6.07, 6.45) is 2.33. The van der Waals surface area contributed by atoms with Crippen LogP contribution >= 0.6 is 23.1 Å². The van der Waals surface area contributed by atoms with Crippen LogP contribution < -0.4 is 14.8 Å². The number of nitrogens with zero attached hydrogens (tertiary/aromatic N) is 4. The molecule has 3 aromatic heterocycles. The molecule has 11 heteroatoms. The molecular weight excluding hydrogens is 501 g/mol. The summed E-state index contributed by atoms with van der Waals surface area (Å²) >= 11 is 2.79. The monoisotopic (exact) mass is 523 g/mol. The molecule has 184 valence electrons. The molecule has 5 rings (SSSR count). The number of thiophene rings is 1. The number of fused-ring (bicyclic) bond motifs is 3. The van der Waals surface area contributed by atoms with Crippen molar-refractivity contribution in [2.75, 3.05) is 26.5 Å². The fourth-order valence-corrected chi connectivity index (χ4v) is 5.47. The molecular formula is C25H22FN5O3S2. The van der Waals surface area contributed by atoms with Crippen LogP contribution in [0, 0.1) is 5.82 Å². The Bertz CT molecular complexity index is 1530. The van der Waals surface area contributed by atoms with E-state index in [0.29, 0.717) is 35.3 Å². The van der Waals surface area contributed by atoms with E-state index in [9.17, 15) is 9.18 Å². The lowest BCUT2D eigenvalue weighted by Gasteiger charge is -2.10. The van der Waals surface area contributed by atoms with Gasteiger partial charge in [-0.1, -0.05) is 30.0 Å². The number of carbonyl (C=O) groups excluding carboxylic acids is 1. The van der Waals surface area contributed by atoms with Gasteiger partial charge in [-0.2, -0.15) is 0 Å². The highest BCUT2D eigenvalue weighted by atomic mass is 32.2. The minimum absolute atomic E-state index is 0.103. The van der Waals surface area contributed by atoms with Gasteiger partial charge < -0.3 is 14.8 Å². The Hall–Kier alpha value is -3.70. The minimum atomic E-state index is -0.287. The predicted molar refractivity (Wildman–Crippen MR) is 139 cm³/mol. The summed E-state index contributed by atoms with van der Waals surface area (Å²) in [5, 5.41) is 15.0. The number of hydrogen-bond donors (Lipinski definition) is 1. The molecule has 2 aromatic carbocycles. The maximum absolute atomic E-state index is 13.4. The lowest BCUT2D eigenvalue weighted by molar-refractivity contribution is -0.118. The average Bonchev–Trinajstić information content (AvgIpc) is 3.52. The summed E-state index contributed by atoms with van der Waals surface area (Å²) in [5.41, 5.74) is 3.48. The van der Waals surface area contributed by atoms with Gasteiger partial charge >= 0.3 is 0 Å². The van der Waals surface area contributed by atoms with Gasteiger partial charge in [0.05, 0.1) is 25.4 Å². The maximum atomic E-state index is 13.4. The smallest absolute Gasteiger partial charge is 0.230 e. The molecule has 0 radical (unpaired) electrons. The molecule has 0 saturated carbocycles. The van der Waals surface area contributed by atoms with E-state index < -0.39 is 0 Å². The van der Waals surface area contributed by atoms with E-state index in [-0.39, 0.29) is 17.5 Å². The predicted octanol–water partition coefficient (Wildman–Crippen LogP) is 4.61. The number of methoxy groups -OCH3 is 2. The number of benzene rings is 2. The van der Waals surface area contributed by atoms with Gasteiger partial charge in [0.25, 0.3) is 0 Å². The van der Waals surface area contributed by atoms with Gasteiger partial charge in [-0.25, -0.2) is 9.37 Å². The molecule has 5 aromatic rings. The van der Waals surface area contributed by atoms with Gasteiger partial charge in [-0.15, -0.1) is 21.5 Å². The highest BCUT2D eigenvalue weighted by molar-refractivity contribution is 7.99. The Labute approximate surface area is 214 Å². The summed E-state index contributed by atoms with van der Waals surface area (Å²) in [6.45, 7) is 0.494. The van der Waals surface area contributed by atoms with Gasteiger partial charge in [0.15, 0.2) is 22.3 Å². The minimum Gasteiger partial charge on any atom is -0.493 e. The first-order valence-corrected chi connectivity index (χ1v) is 12.9. The molecule has 0 spiro atoms. The molecule has 0 saturated heterocycles. The molecule has 8 nitrogen and oxygen atoms in total. The van der Waals surface area contributed by atoms with Crippen molar-refractivity contribution in [2.45, 2.75) is 11.6 Å². The first-order valence-electron chi connectivity index (χ1n) is 11.0. The number of hydrogen-bond acceptors (Lipinski definition) is 8. The number of rotatable bonds is 9. The van der Waals surface area contributed by atoms with Crippen molar-refractivity contribution >= 4 is 44.9 Å². The van der Waals surface area contributed by atoms with Crippen LogP contribution in [0.15, 0.2) is 59.3 Å². The third kappa shape index (κ3) is 4.84. The van der Waals surface area contributed by atoms with Crippen molar-refractivity contribution in [2.24, 2.45) is 0 Å². The van der Waals surface area contributed by atoms with Crippen LogP contribution in [0.2, 0.25) is 0 Å². The van der Waals surface area contributed by atoms with Crippen molar-refractivity contribution < 1.29 is 18.7 Å². The van der Waals surface area contributed by atoms with Crippen molar-refractivity contribution in [1.29, 1.82) is 0 Å². The van der Waals surface area contributed by atoms with Crippen molar-refractivity contribution in [3.05, 3.63) is 65.6 Å². The molecule has 0 aliphatic carbocycles. The van der Waals surface area contributed by atoms with E-state index in [1.165, 1.54) is 35.2 Å². The summed E-state index contributed by atoms with van der Waals surface area (Å²) < 4.78 is 25.8. The SMILES string of the molecule is COc1ccc(CCNC(=O)CSc2nnc3c4c(-c5ccc(F)cc5)csc4ncn23)cc1OC. The molecule has 3 heterocycles. The molecule has 0 unspecified atom stereocenters. The van der Waals surface area contributed by atoms with Crippen LogP contribution in [0.25, 0.3) is 27.0 Å². The molecule has 0 aliphatic rings. The lowest BCUT2D eigenvalue weighted by Crippen LogP contribution is -2.27. The molecule has 0 atom stereocenters. The summed E-state index contributed by atoms with van der Waals surface area (Å²) in [5.74, 6) is 1.13. The van der Waals surface area contributed by atoms with Crippen molar-refractivity contribution in [3.8, 4) is 22.6 Å². The summed E-state index contributed by atoms with van der Waals surface area (Å²) in [6, 6.07) is 12.0. The molecule has 1 amide bonds. The zero-order valence-corrected chi connectivity index (χ0v) is 21.2. The second-order valence-corrected chi connectivity index (χ2v) is 9.64. The number of nitrogens with one attached hydrogen (secondary N) is 1. The van der Waals surface area contributed by atoms with Crippen LogP contribution in [0.3, 0.4) is 0 Å². The van der Waals surface area contributed by atoms with E-state index >= 15 is 0 Å². The Morgan fingerprint density at radius 2 is 1.92 bits per heavy atom. The Morgan fingerprint density at radius 1 is 1.11 bits per heavy atom. The van der Waals surface area contributed by atoms with Gasteiger partial charge in [0.1, 0.15) is 17.0 Å². The van der Waals surface area contributed by atoms with E-state index in [1.807, 2.05) is 23.6 Å². The summed E-state index contributed by atoms with van der Waals surface area (Å²) in [7, 11) is 3.19. The third-order valence-electron chi connectivity index (χ3n) is 5.62. The van der Waals surface area contributed by atoms with Crippen LogP contribution in [0.4, 0.5) is 4.39 Å². The number of aromatic nitrogens is 4. The van der Waals surface area contributed by atoms with Gasteiger partial charge in [-0.3, -0.25) is 9.20 Å². The number of amides is 1. The largest absolute Gasteiger partial charge is 0.493 e. The van der Waals surface area contributed by atoms with Crippen LogP contribution in [0.5, 0.6) is 11.5 Å². The average molecular weight is 524 g/mol. The highest BCUT2D eigenvalue weighted by Gasteiger charge is 2.17. The van der Waals surface area contributed by atoms with Crippen molar-refractivity contribution in [1.82, 2.24) is 24.9 Å². The fraction of sp³-hybridized carbons (Fsp3) is 0.200. The normalized spacial score (nSPS) is 11.2. The van der Waals surface area contributed by atoms with Crippen LogP contribution in [-0.4, -0.2) is 52.0 Å². The first kappa shape index (κ1) is 24.0. The van der Waals surface area contributed by atoms with E-state index in [1.54, 1.807) is 37.1 Å². The Balaban J connectivity index is 1.24. The quantitative estimate of drug-likeness (QED) is 0.282. The molecule has 0 aliphatic heterocycles. The summed E-state index contributed by atoms with van der Waals surface area (Å²) in [4.78, 5) is 17.8. The standard InChI is InChI=1S/C25H22FN5O3S2/c1-33-19-8-3-15(11-20(19)34-2)9-10-27-21(32)13-36-25-30-29-23-22-18(16-4-6-17(26)7-5-16)12-35-24(22)28-14-31(23)25/h3-8,11-12,14H,9-10,13H2,1-2H3,(H,27,32). The van der Waals surface area contributed by atoms with Gasteiger partial charge in [-0.05, 0) is 41.8 Å². The highest BCUT2D eigenvalue weighted by Crippen LogP contribution is 2.36. The topological polar surface area (TPSA) is 90.6 Å². The number of ether oxygens (including phenoxy) is 2. The van der Waals surface area contributed by atoms with E-state index in [2.05, 4.69) is 20.5 Å². The van der Waals surface area contributed by atoms with Gasteiger partial charge in [0.2, 0.25) is 5.91 Å². The van der Waals surface area contributed by atoms with Crippen LogP contribution in [-0.2, 0) is 11.2 Å². The first-order chi connectivity index (χ1) is 17.6. The Morgan fingerprint density at radius 3 is 2.69 bits per heavy atom. The number of carbonyl (C=O) groups is 1. The van der Waals surface area contributed by atoms with Crippen molar-refractivity contribution in [3.63, 3.8) is 0 Å². The maximum Gasteiger partial charge on any atom is 0.230 e. The molecule has 0 fully saturated rings. The lowest BCUT2D eigenvalue weighted by atomic mass is 10.1. The molecule has 1 N–H and O–H groups in total. The molecule has 36 heavy (non-hydrogen) atoms. The second-order valence-electron chi connectivity index (χ2n) is 7.84. The number of thioether (sulfide) groups is 1. The zero-order valence-electron chi connectivity index (χ0n) is 19.5. The Kier molecular flexibility index (Phi) is 7.01. The second kappa shape index (κ2) is 10.5. The van der Waals surface area contributed by atoms with Gasteiger partial charge in [0, 0.05) is 17.5 Å².